The van der Waals surface area contributed by atoms with Gasteiger partial charge < -0.3 is 10.2 Å². The van der Waals surface area contributed by atoms with E-state index in [4.69, 9.17) is 0 Å². The van der Waals surface area contributed by atoms with Crippen LogP contribution in [0.4, 0.5) is 4.39 Å². The van der Waals surface area contributed by atoms with E-state index in [9.17, 15) is 18.8 Å². The van der Waals surface area contributed by atoms with E-state index >= 15 is 0 Å². The molecule has 7 heteroatoms. The van der Waals surface area contributed by atoms with Gasteiger partial charge in [0.15, 0.2) is 0 Å². The Labute approximate surface area is 183 Å². The van der Waals surface area contributed by atoms with E-state index in [0.29, 0.717) is 16.7 Å². The minimum atomic E-state index is -0.702. The van der Waals surface area contributed by atoms with Crippen LogP contribution in [0.25, 0.3) is 0 Å². The molecule has 1 saturated carbocycles. The number of hydrogen-bond acceptors (Lipinski definition) is 4. The van der Waals surface area contributed by atoms with Crippen molar-refractivity contribution in [3.8, 4) is 0 Å². The number of hydrogen-bond donors (Lipinski definition) is 2. The predicted molar refractivity (Wildman–Crippen MR) is 117 cm³/mol. The molecule has 1 aliphatic carbocycles. The van der Waals surface area contributed by atoms with Gasteiger partial charge in [0.25, 0.3) is 5.91 Å². The average Bonchev–Trinajstić information content (AvgIpc) is 3.09. The van der Waals surface area contributed by atoms with E-state index in [1.165, 1.54) is 43.4 Å². The van der Waals surface area contributed by atoms with Crippen molar-refractivity contribution < 1.29 is 18.8 Å². The van der Waals surface area contributed by atoms with E-state index in [1.807, 2.05) is 0 Å². The number of rotatable bonds is 4. The third-order valence-electron chi connectivity index (χ3n) is 6.58. The molecule has 2 aliphatic heterocycles. The number of aryl methyl sites for hydroxylation is 1. The maximum atomic E-state index is 14.0. The van der Waals surface area contributed by atoms with Gasteiger partial charge in [-0.2, -0.15) is 0 Å². The van der Waals surface area contributed by atoms with Gasteiger partial charge in [0.1, 0.15) is 11.9 Å². The fourth-order valence-corrected chi connectivity index (χ4v) is 4.51. The van der Waals surface area contributed by atoms with Crippen LogP contribution in [-0.4, -0.2) is 40.7 Å². The molecule has 0 radical (unpaired) electrons. The van der Waals surface area contributed by atoms with Gasteiger partial charge in [0, 0.05) is 29.6 Å². The molecule has 2 atom stereocenters. The lowest BCUT2D eigenvalue weighted by Gasteiger charge is -2.29. The highest BCUT2D eigenvalue weighted by atomic mass is 19.1. The number of amides is 3. The van der Waals surface area contributed by atoms with Crippen molar-refractivity contribution in [3.05, 3.63) is 34.6 Å². The molecule has 170 valence electrons. The smallest absolute Gasteiger partial charge is 0.255 e. The van der Waals surface area contributed by atoms with Gasteiger partial charge in [-0.3, -0.25) is 19.7 Å². The second kappa shape index (κ2) is 10.4. The Morgan fingerprint density at radius 2 is 1.87 bits per heavy atom. The van der Waals surface area contributed by atoms with Gasteiger partial charge in [-0.1, -0.05) is 32.3 Å². The first-order valence-corrected chi connectivity index (χ1v) is 11.5. The van der Waals surface area contributed by atoms with Crippen LogP contribution in [0.2, 0.25) is 0 Å². The lowest BCUT2D eigenvalue weighted by atomic mass is 9.95. The zero-order chi connectivity index (χ0) is 22.5. The SMILES string of the molecule is CCC(C)NC1CCCCC1.Cc1ccc2c(c1F)CN(C1CCC(=O)NC1=O)C2=O. The summed E-state index contributed by atoms with van der Waals surface area (Å²) in [6, 6.07) is 3.99. The topological polar surface area (TPSA) is 78.5 Å². The summed E-state index contributed by atoms with van der Waals surface area (Å²) < 4.78 is 14.0. The van der Waals surface area contributed by atoms with Crippen molar-refractivity contribution >= 4 is 17.7 Å². The molecule has 2 unspecified atom stereocenters. The quantitative estimate of drug-likeness (QED) is 0.714. The predicted octanol–water partition coefficient (Wildman–Crippen LogP) is 3.60. The van der Waals surface area contributed by atoms with E-state index < -0.39 is 17.8 Å². The summed E-state index contributed by atoms with van der Waals surface area (Å²) in [5, 5.41) is 5.88. The Morgan fingerprint density at radius 1 is 1.16 bits per heavy atom. The highest BCUT2D eigenvalue weighted by Gasteiger charge is 2.40. The highest BCUT2D eigenvalue weighted by molar-refractivity contribution is 6.05. The Kier molecular flexibility index (Phi) is 7.81. The minimum absolute atomic E-state index is 0.0773. The molecule has 0 spiro atoms. The monoisotopic (exact) mass is 431 g/mol. The number of nitrogens with zero attached hydrogens (tertiary/aromatic N) is 1. The second-order valence-electron chi connectivity index (χ2n) is 8.93. The Bertz CT molecular complexity index is 836. The van der Waals surface area contributed by atoms with Gasteiger partial charge in [0.2, 0.25) is 11.8 Å². The standard InChI is InChI=1S/C14H13FN2O3.C10H21N/c1-7-2-3-8-9(12(7)15)6-17(14(8)20)10-4-5-11(18)16-13(10)19;1-3-9(2)11-10-7-5-4-6-8-10/h2-3,10H,4-6H2,1H3,(H,16,18,19);9-11H,3-8H2,1-2H3. The molecule has 1 aromatic rings. The summed E-state index contributed by atoms with van der Waals surface area (Å²) >= 11 is 0. The number of nitrogens with one attached hydrogen (secondary N) is 2. The van der Waals surface area contributed by atoms with Crippen molar-refractivity contribution in [1.82, 2.24) is 15.5 Å². The van der Waals surface area contributed by atoms with Crippen LogP contribution in [0.15, 0.2) is 12.1 Å². The first-order valence-electron chi connectivity index (χ1n) is 11.5. The van der Waals surface area contributed by atoms with Crippen LogP contribution < -0.4 is 10.6 Å². The van der Waals surface area contributed by atoms with E-state index in [0.717, 1.165) is 12.1 Å². The van der Waals surface area contributed by atoms with Gasteiger partial charge >= 0.3 is 0 Å². The van der Waals surface area contributed by atoms with E-state index in [2.05, 4.69) is 24.5 Å². The molecule has 0 bridgehead atoms. The summed E-state index contributed by atoms with van der Waals surface area (Å²) in [6.45, 7) is 6.25. The number of imide groups is 1. The van der Waals surface area contributed by atoms with Crippen LogP contribution in [-0.2, 0) is 16.1 Å². The number of benzene rings is 1. The summed E-state index contributed by atoms with van der Waals surface area (Å²) in [7, 11) is 0. The van der Waals surface area contributed by atoms with Crippen LogP contribution in [0.5, 0.6) is 0 Å². The molecule has 0 aromatic heterocycles. The largest absolute Gasteiger partial charge is 0.322 e. The second-order valence-corrected chi connectivity index (χ2v) is 8.93. The molecular formula is C24H34FN3O3. The first-order chi connectivity index (χ1) is 14.8. The molecule has 3 aliphatic rings. The van der Waals surface area contributed by atoms with E-state index in [1.54, 1.807) is 19.1 Å². The molecule has 3 amide bonds. The number of carbonyl (C=O) groups excluding carboxylic acids is 3. The lowest BCUT2D eigenvalue weighted by Crippen LogP contribution is -2.52. The summed E-state index contributed by atoms with van der Waals surface area (Å²) in [6.07, 6.45) is 8.88. The normalized spacial score (nSPS) is 22.5. The molecular weight excluding hydrogens is 397 g/mol. The number of halogens is 1. The molecule has 31 heavy (non-hydrogen) atoms. The van der Waals surface area contributed by atoms with Gasteiger partial charge in [-0.05, 0) is 51.2 Å². The minimum Gasteiger partial charge on any atom is -0.322 e. The summed E-state index contributed by atoms with van der Waals surface area (Å²) in [5.74, 6) is -1.57. The van der Waals surface area contributed by atoms with Crippen molar-refractivity contribution in [2.24, 2.45) is 0 Å². The first kappa shape index (κ1) is 23.4. The number of piperidine rings is 1. The zero-order valence-corrected chi connectivity index (χ0v) is 18.8. The van der Waals surface area contributed by atoms with Crippen LogP contribution in [0.3, 0.4) is 0 Å². The maximum Gasteiger partial charge on any atom is 0.255 e. The lowest BCUT2D eigenvalue weighted by molar-refractivity contribution is -0.136. The van der Waals surface area contributed by atoms with E-state index in [-0.39, 0.29) is 31.2 Å². The molecule has 2 N–H and O–H groups in total. The third kappa shape index (κ3) is 5.50. The van der Waals surface area contributed by atoms with Gasteiger partial charge in [0.05, 0.1) is 6.54 Å². The fraction of sp³-hybridized carbons (Fsp3) is 0.625. The van der Waals surface area contributed by atoms with Crippen molar-refractivity contribution in [2.45, 2.75) is 96.8 Å². The Morgan fingerprint density at radius 3 is 2.52 bits per heavy atom. The summed E-state index contributed by atoms with van der Waals surface area (Å²) in [4.78, 5) is 36.6. The molecule has 2 heterocycles. The molecule has 2 fully saturated rings. The maximum absolute atomic E-state index is 14.0. The average molecular weight is 432 g/mol. The molecule has 1 aromatic carbocycles. The van der Waals surface area contributed by atoms with Crippen molar-refractivity contribution in [1.29, 1.82) is 0 Å². The van der Waals surface area contributed by atoms with Crippen molar-refractivity contribution in [3.63, 3.8) is 0 Å². The molecule has 4 rings (SSSR count). The van der Waals surface area contributed by atoms with Gasteiger partial charge in [-0.15, -0.1) is 0 Å². The van der Waals surface area contributed by atoms with Crippen molar-refractivity contribution in [2.75, 3.05) is 0 Å². The number of fused-ring (bicyclic) bond motifs is 1. The fourth-order valence-electron chi connectivity index (χ4n) is 4.51. The number of carbonyl (C=O) groups is 3. The van der Waals surface area contributed by atoms with Crippen LogP contribution in [0, 0.1) is 12.7 Å². The zero-order valence-electron chi connectivity index (χ0n) is 18.8. The Hall–Kier alpha value is -2.28. The summed E-state index contributed by atoms with van der Waals surface area (Å²) in [5.41, 5.74) is 1.11. The van der Waals surface area contributed by atoms with Gasteiger partial charge in [-0.25, -0.2) is 4.39 Å². The van der Waals surface area contributed by atoms with Crippen LogP contribution in [0.1, 0.15) is 86.7 Å². The van der Waals surface area contributed by atoms with Crippen LogP contribution >= 0.6 is 0 Å². The third-order valence-corrected chi connectivity index (χ3v) is 6.58. The molecule has 1 saturated heterocycles. The molecule has 6 nitrogen and oxygen atoms in total. The Balaban J connectivity index is 0.000000210. The highest BCUT2D eigenvalue weighted by Crippen LogP contribution is 2.30.